The van der Waals surface area contributed by atoms with Crippen LogP contribution in [0.1, 0.15) is 62.2 Å². The van der Waals surface area contributed by atoms with E-state index in [1.807, 2.05) is 5.32 Å². The lowest BCUT2D eigenvalue weighted by molar-refractivity contribution is 0.0958. The lowest BCUT2D eigenvalue weighted by Gasteiger charge is -2.30. The van der Waals surface area contributed by atoms with Crippen molar-refractivity contribution in [2.45, 2.75) is 58.0 Å². The Morgan fingerprint density at radius 1 is 1.03 bits per heavy atom. The molecule has 0 saturated heterocycles. The number of carbonyl (C=O) groups excluding carboxylic acids is 2. The second kappa shape index (κ2) is 10.9. The van der Waals surface area contributed by atoms with Gasteiger partial charge in [0.05, 0.1) is 0 Å². The number of hydrogen-bond donors (Lipinski definition) is 2. The van der Waals surface area contributed by atoms with E-state index in [4.69, 9.17) is 4.74 Å². The molecule has 5 nitrogen and oxygen atoms in total. The zero-order valence-corrected chi connectivity index (χ0v) is 17.6. The number of amides is 3. The monoisotopic (exact) mass is 430 g/mol. The molecule has 1 unspecified atom stereocenters. The molecule has 1 fully saturated rings. The lowest BCUT2D eigenvalue weighted by atomic mass is 9.83. The molecule has 166 valence electrons. The number of hydrogen-bond acceptors (Lipinski definition) is 3. The number of imide groups is 1. The van der Waals surface area contributed by atoms with E-state index in [0.29, 0.717) is 11.6 Å². The Balaban J connectivity index is 1.57. The largest absolute Gasteiger partial charge is 0.490 e. The number of urea groups is 1. The van der Waals surface area contributed by atoms with Crippen molar-refractivity contribution in [1.82, 2.24) is 5.32 Å². The SMILES string of the molecule is CCCC(Oc1ccc(NC(=O)NC(=O)c2c(F)cccc2F)cc1)C1CCCCC1. The van der Waals surface area contributed by atoms with Crippen molar-refractivity contribution in [1.29, 1.82) is 0 Å². The van der Waals surface area contributed by atoms with Crippen LogP contribution in [0.3, 0.4) is 0 Å². The Hall–Kier alpha value is -2.96. The number of rotatable bonds is 7. The minimum absolute atomic E-state index is 0.181. The van der Waals surface area contributed by atoms with Crippen LogP contribution < -0.4 is 15.4 Å². The molecule has 0 aliphatic heterocycles. The number of carbonyl (C=O) groups is 2. The van der Waals surface area contributed by atoms with Gasteiger partial charge in [-0.25, -0.2) is 13.6 Å². The molecule has 1 aliphatic carbocycles. The van der Waals surface area contributed by atoms with E-state index in [9.17, 15) is 18.4 Å². The predicted octanol–water partition coefficient (Wildman–Crippen LogP) is 6.05. The zero-order chi connectivity index (χ0) is 22.2. The maximum absolute atomic E-state index is 13.7. The number of benzene rings is 2. The first-order valence-electron chi connectivity index (χ1n) is 10.8. The van der Waals surface area contributed by atoms with Crippen LogP contribution in [0, 0.1) is 17.6 Å². The van der Waals surface area contributed by atoms with Gasteiger partial charge in [0.25, 0.3) is 5.91 Å². The van der Waals surface area contributed by atoms with Crippen molar-refractivity contribution in [3.63, 3.8) is 0 Å². The molecule has 3 rings (SSSR count). The third kappa shape index (κ3) is 6.26. The molecule has 1 atom stereocenters. The molecule has 0 bridgehead atoms. The van der Waals surface area contributed by atoms with Gasteiger partial charge in [0, 0.05) is 5.69 Å². The fourth-order valence-corrected chi connectivity index (χ4v) is 4.02. The zero-order valence-electron chi connectivity index (χ0n) is 17.6. The minimum Gasteiger partial charge on any atom is -0.490 e. The summed E-state index contributed by atoms with van der Waals surface area (Å²) in [5.74, 6) is -1.93. The molecule has 0 radical (unpaired) electrons. The molecule has 0 spiro atoms. The average molecular weight is 430 g/mol. The Bertz CT molecular complexity index is 876. The Morgan fingerprint density at radius 2 is 1.68 bits per heavy atom. The fraction of sp³-hybridized carbons (Fsp3) is 0.417. The smallest absolute Gasteiger partial charge is 0.326 e. The van der Waals surface area contributed by atoms with E-state index in [2.05, 4.69) is 12.2 Å². The van der Waals surface area contributed by atoms with Crippen molar-refractivity contribution < 1.29 is 23.1 Å². The normalized spacial score (nSPS) is 15.2. The van der Waals surface area contributed by atoms with Gasteiger partial charge in [-0.05, 0) is 61.6 Å². The predicted molar refractivity (Wildman–Crippen MR) is 115 cm³/mol. The van der Waals surface area contributed by atoms with Crippen LogP contribution in [0.4, 0.5) is 19.3 Å². The van der Waals surface area contributed by atoms with E-state index < -0.39 is 29.1 Å². The molecule has 1 saturated carbocycles. The van der Waals surface area contributed by atoms with Gasteiger partial charge in [0.15, 0.2) is 0 Å². The summed E-state index contributed by atoms with van der Waals surface area (Å²) in [6.45, 7) is 2.15. The first kappa shape index (κ1) is 22.7. The van der Waals surface area contributed by atoms with Gasteiger partial charge in [0.2, 0.25) is 0 Å². The van der Waals surface area contributed by atoms with Gasteiger partial charge in [-0.1, -0.05) is 38.7 Å². The van der Waals surface area contributed by atoms with Gasteiger partial charge in [-0.15, -0.1) is 0 Å². The first-order chi connectivity index (χ1) is 15.0. The molecule has 0 heterocycles. The van der Waals surface area contributed by atoms with Crippen molar-refractivity contribution in [3.05, 3.63) is 59.7 Å². The summed E-state index contributed by atoms with van der Waals surface area (Å²) in [4.78, 5) is 24.1. The highest BCUT2D eigenvalue weighted by Crippen LogP contribution is 2.31. The van der Waals surface area contributed by atoms with Crippen LogP contribution in [0.15, 0.2) is 42.5 Å². The highest BCUT2D eigenvalue weighted by molar-refractivity contribution is 6.08. The summed E-state index contributed by atoms with van der Waals surface area (Å²) >= 11 is 0. The second-order valence-corrected chi connectivity index (χ2v) is 7.87. The first-order valence-corrected chi connectivity index (χ1v) is 10.8. The Labute approximate surface area is 181 Å². The van der Waals surface area contributed by atoms with Crippen molar-refractivity contribution >= 4 is 17.6 Å². The van der Waals surface area contributed by atoms with Gasteiger partial charge in [-0.3, -0.25) is 10.1 Å². The standard InChI is InChI=1S/C24H28F2N2O3/c1-2-7-21(16-8-4-3-5-9-16)31-18-14-12-17(13-15-18)27-24(30)28-23(29)22-19(25)10-6-11-20(22)26/h6,10-16,21H,2-5,7-9H2,1H3,(H2,27,28,29,30). The molecule has 0 aromatic heterocycles. The Morgan fingerprint density at radius 3 is 2.29 bits per heavy atom. The molecule has 2 N–H and O–H groups in total. The summed E-state index contributed by atoms with van der Waals surface area (Å²) in [6, 6.07) is 9.01. The van der Waals surface area contributed by atoms with Crippen LogP contribution >= 0.6 is 0 Å². The maximum atomic E-state index is 13.7. The molecule has 2 aromatic rings. The number of halogens is 2. The summed E-state index contributed by atoms with van der Waals surface area (Å²) in [5, 5.41) is 4.41. The third-order valence-electron chi connectivity index (χ3n) is 5.57. The molecule has 3 amide bonds. The van der Waals surface area contributed by atoms with Gasteiger partial charge >= 0.3 is 6.03 Å². The summed E-state index contributed by atoms with van der Waals surface area (Å²) in [5.41, 5.74) is -0.373. The van der Waals surface area contributed by atoms with Crippen LogP contribution in [0.25, 0.3) is 0 Å². The van der Waals surface area contributed by atoms with Gasteiger partial charge < -0.3 is 10.1 Å². The van der Waals surface area contributed by atoms with Gasteiger partial charge in [0.1, 0.15) is 29.1 Å². The Kier molecular flexibility index (Phi) is 7.98. The van der Waals surface area contributed by atoms with E-state index in [1.54, 1.807) is 24.3 Å². The number of nitrogens with one attached hydrogen (secondary N) is 2. The molecular formula is C24H28F2N2O3. The number of anilines is 1. The quantitative estimate of drug-likeness (QED) is 0.561. The highest BCUT2D eigenvalue weighted by Gasteiger charge is 2.24. The van der Waals surface area contributed by atoms with Crippen LogP contribution in [-0.2, 0) is 0 Å². The summed E-state index contributed by atoms with van der Waals surface area (Å²) in [7, 11) is 0. The van der Waals surface area contributed by atoms with Crippen LogP contribution in [0.5, 0.6) is 5.75 Å². The fourth-order valence-electron chi connectivity index (χ4n) is 4.02. The molecule has 31 heavy (non-hydrogen) atoms. The van der Waals surface area contributed by atoms with Crippen molar-refractivity contribution in [3.8, 4) is 5.75 Å². The van der Waals surface area contributed by atoms with Crippen LogP contribution in [0.2, 0.25) is 0 Å². The molecular weight excluding hydrogens is 402 g/mol. The molecule has 1 aliphatic rings. The van der Waals surface area contributed by atoms with Crippen LogP contribution in [-0.4, -0.2) is 18.0 Å². The third-order valence-corrected chi connectivity index (χ3v) is 5.57. The number of ether oxygens (including phenoxy) is 1. The lowest BCUT2D eigenvalue weighted by Crippen LogP contribution is -2.35. The summed E-state index contributed by atoms with van der Waals surface area (Å²) in [6.07, 6.45) is 8.43. The highest BCUT2D eigenvalue weighted by atomic mass is 19.1. The topological polar surface area (TPSA) is 67.4 Å². The second-order valence-electron chi connectivity index (χ2n) is 7.87. The van der Waals surface area contributed by atoms with E-state index in [1.165, 1.54) is 32.1 Å². The summed E-state index contributed by atoms with van der Waals surface area (Å²) < 4.78 is 33.6. The van der Waals surface area contributed by atoms with E-state index >= 15 is 0 Å². The van der Waals surface area contributed by atoms with Crippen molar-refractivity contribution in [2.24, 2.45) is 5.92 Å². The van der Waals surface area contributed by atoms with E-state index in [0.717, 1.165) is 36.8 Å². The average Bonchev–Trinajstić information content (AvgIpc) is 2.75. The maximum Gasteiger partial charge on any atom is 0.326 e. The van der Waals surface area contributed by atoms with E-state index in [-0.39, 0.29) is 6.10 Å². The molecule has 2 aromatic carbocycles. The van der Waals surface area contributed by atoms with Gasteiger partial charge in [-0.2, -0.15) is 0 Å². The van der Waals surface area contributed by atoms with Crippen molar-refractivity contribution in [2.75, 3.05) is 5.32 Å². The molecule has 7 heteroatoms. The minimum atomic E-state index is -1.15.